The molecule has 0 spiro atoms. The minimum absolute atomic E-state index is 0. The molecule has 1 aromatic carbocycles. The number of carbonyl (C=O) groups excluding carboxylic acids is 2. The third-order valence-electron chi connectivity index (χ3n) is 4.69. The van der Waals surface area contributed by atoms with E-state index in [4.69, 9.17) is 4.74 Å². The van der Waals surface area contributed by atoms with Gasteiger partial charge in [-0.1, -0.05) is 12.1 Å². The van der Waals surface area contributed by atoms with E-state index in [1.165, 1.54) is 16.0 Å². The van der Waals surface area contributed by atoms with Crippen molar-refractivity contribution in [2.24, 2.45) is 4.99 Å². The maximum absolute atomic E-state index is 11.8. The van der Waals surface area contributed by atoms with Gasteiger partial charge in [-0.3, -0.25) is 19.5 Å². The standard InChI is InChI=1S/C19H26N4O3.HI/c1-20-19(22-10-11-23-17(24)3-2-4-18(23)25)21-9-7-14-5-6-16-15(13-14)8-12-26-16;/h5-6,13H,2-4,7-12H2,1H3,(H2,20,21,22);1H. The molecular weight excluding hydrogens is 459 g/mol. The van der Waals surface area contributed by atoms with Crippen LogP contribution < -0.4 is 15.4 Å². The summed E-state index contributed by atoms with van der Waals surface area (Å²) in [4.78, 5) is 29.1. The molecule has 2 aliphatic heterocycles. The molecule has 8 heteroatoms. The normalized spacial score (nSPS) is 16.5. The maximum Gasteiger partial charge on any atom is 0.229 e. The van der Waals surface area contributed by atoms with Gasteiger partial charge in [-0.05, 0) is 30.0 Å². The van der Waals surface area contributed by atoms with Gasteiger partial charge in [0.15, 0.2) is 5.96 Å². The Morgan fingerprint density at radius 1 is 1.15 bits per heavy atom. The van der Waals surface area contributed by atoms with Crippen molar-refractivity contribution in [1.29, 1.82) is 0 Å². The number of hydrogen-bond donors (Lipinski definition) is 2. The van der Waals surface area contributed by atoms with Crippen LogP contribution in [0.2, 0.25) is 0 Å². The van der Waals surface area contributed by atoms with Crippen molar-refractivity contribution in [2.75, 3.05) is 33.3 Å². The first-order valence-electron chi connectivity index (χ1n) is 9.19. The lowest BCUT2D eigenvalue weighted by Crippen LogP contribution is -2.46. The number of guanidine groups is 1. The van der Waals surface area contributed by atoms with E-state index in [0.29, 0.717) is 38.3 Å². The number of imide groups is 1. The van der Waals surface area contributed by atoms with Crippen LogP contribution in [0.5, 0.6) is 5.75 Å². The number of fused-ring (bicyclic) bond motifs is 1. The number of benzene rings is 1. The van der Waals surface area contributed by atoms with Gasteiger partial charge >= 0.3 is 0 Å². The van der Waals surface area contributed by atoms with Crippen LogP contribution in [0.1, 0.15) is 30.4 Å². The van der Waals surface area contributed by atoms with E-state index in [9.17, 15) is 9.59 Å². The zero-order valence-electron chi connectivity index (χ0n) is 15.6. The monoisotopic (exact) mass is 486 g/mol. The van der Waals surface area contributed by atoms with Crippen molar-refractivity contribution in [3.63, 3.8) is 0 Å². The highest BCUT2D eigenvalue weighted by Gasteiger charge is 2.25. The summed E-state index contributed by atoms with van der Waals surface area (Å²) in [6.07, 6.45) is 3.46. The summed E-state index contributed by atoms with van der Waals surface area (Å²) in [5.41, 5.74) is 2.54. The van der Waals surface area contributed by atoms with Crippen molar-refractivity contribution >= 4 is 41.8 Å². The lowest BCUT2D eigenvalue weighted by atomic mass is 10.1. The summed E-state index contributed by atoms with van der Waals surface area (Å²) in [5.74, 6) is 1.52. The van der Waals surface area contributed by atoms with E-state index >= 15 is 0 Å². The van der Waals surface area contributed by atoms with E-state index in [1.54, 1.807) is 7.05 Å². The third kappa shape index (κ3) is 5.82. The largest absolute Gasteiger partial charge is 0.493 e. The number of nitrogens with zero attached hydrogens (tertiary/aromatic N) is 2. The molecule has 0 unspecified atom stereocenters. The first kappa shape index (κ1) is 21.5. The predicted molar refractivity (Wildman–Crippen MR) is 115 cm³/mol. The Hall–Kier alpha value is -1.84. The fourth-order valence-electron chi connectivity index (χ4n) is 3.28. The van der Waals surface area contributed by atoms with Gasteiger partial charge in [0, 0.05) is 45.9 Å². The van der Waals surface area contributed by atoms with Gasteiger partial charge in [0.1, 0.15) is 5.75 Å². The molecule has 3 rings (SSSR count). The first-order chi connectivity index (χ1) is 12.7. The Balaban J connectivity index is 0.00000261. The molecule has 0 radical (unpaired) electrons. The molecule has 0 aromatic heterocycles. The molecular formula is C19H27IN4O3. The van der Waals surface area contributed by atoms with Crippen molar-refractivity contribution in [3.05, 3.63) is 29.3 Å². The van der Waals surface area contributed by atoms with Crippen LogP contribution in [0, 0.1) is 0 Å². The smallest absolute Gasteiger partial charge is 0.229 e. The summed E-state index contributed by atoms with van der Waals surface area (Å²) >= 11 is 0. The molecule has 2 N–H and O–H groups in total. The average molecular weight is 486 g/mol. The number of rotatable bonds is 6. The molecule has 0 saturated carbocycles. The average Bonchev–Trinajstić information content (AvgIpc) is 3.10. The quantitative estimate of drug-likeness (QED) is 0.276. The highest BCUT2D eigenvalue weighted by Crippen LogP contribution is 2.25. The highest BCUT2D eigenvalue weighted by atomic mass is 127. The molecule has 148 valence electrons. The SMILES string of the molecule is CN=C(NCCc1ccc2c(c1)CCO2)NCCN1C(=O)CCCC1=O.I. The molecule has 1 aromatic rings. The van der Waals surface area contributed by atoms with Gasteiger partial charge < -0.3 is 15.4 Å². The highest BCUT2D eigenvalue weighted by molar-refractivity contribution is 14.0. The van der Waals surface area contributed by atoms with Crippen LogP contribution in [0.15, 0.2) is 23.2 Å². The zero-order valence-corrected chi connectivity index (χ0v) is 18.0. The Morgan fingerprint density at radius 2 is 1.89 bits per heavy atom. The summed E-state index contributed by atoms with van der Waals surface area (Å²) in [6.45, 7) is 2.40. The third-order valence-corrected chi connectivity index (χ3v) is 4.69. The van der Waals surface area contributed by atoms with E-state index in [1.807, 2.05) is 6.07 Å². The number of hydrogen-bond acceptors (Lipinski definition) is 4. The summed E-state index contributed by atoms with van der Waals surface area (Å²) < 4.78 is 5.53. The van der Waals surface area contributed by atoms with Gasteiger partial charge in [0.05, 0.1) is 6.61 Å². The van der Waals surface area contributed by atoms with E-state index in [-0.39, 0.29) is 35.8 Å². The Morgan fingerprint density at radius 3 is 2.63 bits per heavy atom. The molecule has 27 heavy (non-hydrogen) atoms. The molecule has 0 atom stereocenters. The predicted octanol–water partition coefficient (Wildman–Crippen LogP) is 1.49. The fourth-order valence-corrected chi connectivity index (χ4v) is 3.28. The van der Waals surface area contributed by atoms with Crippen LogP contribution in [0.3, 0.4) is 0 Å². The van der Waals surface area contributed by atoms with Gasteiger partial charge in [-0.15, -0.1) is 24.0 Å². The number of piperidine rings is 1. The number of amides is 2. The Bertz CT molecular complexity index is 692. The first-order valence-corrected chi connectivity index (χ1v) is 9.19. The van der Waals surface area contributed by atoms with Crippen LogP contribution in [-0.2, 0) is 22.4 Å². The summed E-state index contributed by atoms with van der Waals surface area (Å²) in [6, 6.07) is 6.33. The Kier molecular flexibility index (Phi) is 8.33. The molecule has 1 saturated heterocycles. The second-order valence-electron chi connectivity index (χ2n) is 6.51. The van der Waals surface area contributed by atoms with Crippen molar-refractivity contribution in [2.45, 2.75) is 32.1 Å². The number of aliphatic imine (C=N–C) groups is 1. The molecule has 0 aliphatic carbocycles. The lowest BCUT2D eigenvalue weighted by molar-refractivity contribution is -0.147. The van der Waals surface area contributed by atoms with Crippen LogP contribution in [0.4, 0.5) is 0 Å². The van der Waals surface area contributed by atoms with Gasteiger partial charge in [0.25, 0.3) is 0 Å². The second-order valence-corrected chi connectivity index (χ2v) is 6.51. The van der Waals surface area contributed by atoms with E-state index < -0.39 is 0 Å². The number of nitrogens with one attached hydrogen (secondary N) is 2. The van der Waals surface area contributed by atoms with Crippen molar-refractivity contribution in [3.8, 4) is 5.75 Å². The zero-order chi connectivity index (χ0) is 18.4. The number of carbonyl (C=O) groups is 2. The molecule has 7 nitrogen and oxygen atoms in total. The van der Waals surface area contributed by atoms with Gasteiger partial charge in [0.2, 0.25) is 11.8 Å². The van der Waals surface area contributed by atoms with Gasteiger partial charge in [-0.25, -0.2) is 0 Å². The minimum atomic E-state index is -0.0772. The van der Waals surface area contributed by atoms with E-state index in [0.717, 1.165) is 31.7 Å². The number of halogens is 1. The molecule has 2 heterocycles. The molecule has 1 fully saturated rings. The summed E-state index contributed by atoms with van der Waals surface area (Å²) in [7, 11) is 1.71. The topological polar surface area (TPSA) is 83.0 Å². The molecule has 2 amide bonds. The minimum Gasteiger partial charge on any atom is -0.493 e. The second kappa shape index (κ2) is 10.5. The Labute approximate surface area is 176 Å². The molecule has 2 aliphatic rings. The molecule has 0 bridgehead atoms. The maximum atomic E-state index is 11.8. The fraction of sp³-hybridized carbons (Fsp3) is 0.526. The van der Waals surface area contributed by atoms with Crippen LogP contribution in [-0.4, -0.2) is 56.0 Å². The number of likely N-dealkylation sites (tertiary alicyclic amines) is 1. The van der Waals surface area contributed by atoms with E-state index in [2.05, 4.69) is 27.8 Å². The number of ether oxygens (including phenoxy) is 1. The van der Waals surface area contributed by atoms with Crippen LogP contribution in [0.25, 0.3) is 0 Å². The van der Waals surface area contributed by atoms with Crippen molar-refractivity contribution < 1.29 is 14.3 Å². The lowest BCUT2D eigenvalue weighted by Gasteiger charge is -2.25. The van der Waals surface area contributed by atoms with Crippen molar-refractivity contribution in [1.82, 2.24) is 15.5 Å². The summed E-state index contributed by atoms with van der Waals surface area (Å²) in [5, 5.41) is 6.42. The van der Waals surface area contributed by atoms with Gasteiger partial charge in [-0.2, -0.15) is 0 Å². The van der Waals surface area contributed by atoms with Crippen LogP contribution >= 0.6 is 24.0 Å².